The van der Waals surface area contributed by atoms with Gasteiger partial charge in [0.25, 0.3) is 5.91 Å². The molecule has 0 aromatic carbocycles. The third-order valence-corrected chi connectivity index (χ3v) is 2.34. The Morgan fingerprint density at radius 1 is 1.47 bits per heavy atom. The van der Waals surface area contributed by atoms with Gasteiger partial charge in [-0.25, -0.2) is 0 Å². The van der Waals surface area contributed by atoms with Crippen LogP contribution in [0.2, 0.25) is 0 Å². The molecule has 94 valence electrons. The van der Waals surface area contributed by atoms with Crippen molar-refractivity contribution in [1.82, 2.24) is 15.5 Å². The van der Waals surface area contributed by atoms with E-state index >= 15 is 0 Å². The maximum atomic E-state index is 11.3. The highest BCUT2D eigenvalue weighted by Crippen LogP contribution is 2.07. The van der Waals surface area contributed by atoms with Gasteiger partial charge in [-0.2, -0.15) is 0 Å². The molecule has 0 atom stereocenters. The van der Waals surface area contributed by atoms with Crippen LogP contribution in [0.4, 0.5) is 5.82 Å². The summed E-state index contributed by atoms with van der Waals surface area (Å²) in [6.45, 7) is 1.55. The second kappa shape index (κ2) is 6.80. The van der Waals surface area contributed by atoms with Crippen molar-refractivity contribution in [3.63, 3.8) is 0 Å². The summed E-state index contributed by atoms with van der Waals surface area (Å²) in [4.78, 5) is 13.2. The number of nitrogens with zero attached hydrogens (tertiary/aromatic N) is 3. The number of hydrogen-bond acceptors (Lipinski definition) is 5. The molecule has 0 radical (unpaired) electrons. The highest BCUT2D eigenvalue weighted by atomic mass is 16.5. The number of hydrogen-bond donors (Lipinski definition) is 1. The largest absolute Gasteiger partial charge is 0.385 e. The van der Waals surface area contributed by atoms with Gasteiger partial charge in [-0.05, 0) is 18.6 Å². The first-order chi connectivity index (χ1) is 8.19. The normalized spacial score (nSPS) is 10.1. The van der Waals surface area contributed by atoms with Crippen molar-refractivity contribution in [2.75, 3.05) is 39.3 Å². The van der Waals surface area contributed by atoms with Gasteiger partial charge in [0.05, 0.1) is 0 Å². The van der Waals surface area contributed by atoms with Crippen molar-refractivity contribution in [2.24, 2.45) is 0 Å². The van der Waals surface area contributed by atoms with Crippen LogP contribution >= 0.6 is 0 Å². The van der Waals surface area contributed by atoms with Crippen molar-refractivity contribution >= 4 is 11.7 Å². The summed E-state index contributed by atoms with van der Waals surface area (Å²) in [6.07, 6.45) is 0.922. The number of aromatic nitrogens is 2. The molecule has 1 amide bonds. The Balaban J connectivity index is 2.57. The third kappa shape index (κ3) is 3.99. The minimum atomic E-state index is -0.230. The fourth-order valence-corrected chi connectivity index (χ4v) is 1.34. The van der Waals surface area contributed by atoms with E-state index in [4.69, 9.17) is 4.74 Å². The van der Waals surface area contributed by atoms with Crippen LogP contribution in [0.3, 0.4) is 0 Å². The van der Waals surface area contributed by atoms with Crippen LogP contribution in [0.1, 0.15) is 16.9 Å². The molecule has 6 nitrogen and oxygen atoms in total. The molecule has 1 heterocycles. The molecule has 1 rings (SSSR count). The molecule has 1 aromatic rings. The van der Waals surface area contributed by atoms with Crippen LogP contribution in [0.5, 0.6) is 0 Å². The van der Waals surface area contributed by atoms with Gasteiger partial charge in [0.1, 0.15) is 0 Å². The molecule has 6 heteroatoms. The Hall–Kier alpha value is -1.69. The van der Waals surface area contributed by atoms with E-state index < -0.39 is 0 Å². The van der Waals surface area contributed by atoms with Crippen LogP contribution in [0, 0.1) is 0 Å². The molecular formula is C11H18N4O2. The number of anilines is 1. The molecule has 0 aliphatic rings. The van der Waals surface area contributed by atoms with Crippen LogP contribution in [-0.4, -0.2) is 50.5 Å². The molecule has 0 aliphatic heterocycles. The number of rotatable bonds is 6. The van der Waals surface area contributed by atoms with E-state index in [1.54, 1.807) is 26.3 Å². The van der Waals surface area contributed by atoms with Crippen molar-refractivity contribution in [3.05, 3.63) is 17.8 Å². The Kier molecular flexibility index (Phi) is 5.35. The Bertz CT molecular complexity index is 353. The SMILES string of the molecule is CNC(=O)c1ccc(N(C)CCCOC)nn1. The number of nitrogens with one attached hydrogen (secondary N) is 1. The molecule has 0 fully saturated rings. The molecule has 1 N–H and O–H groups in total. The summed E-state index contributed by atoms with van der Waals surface area (Å²) >= 11 is 0. The lowest BCUT2D eigenvalue weighted by Crippen LogP contribution is -2.23. The van der Waals surface area contributed by atoms with E-state index in [0.717, 1.165) is 18.8 Å². The van der Waals surface area contributed by atoms with Gasteiger partial charge in [-0.1, -0.05) is 0 Å². The zero-order valence-corrected chi connectivity index (χ0v) is 10.4. The molecule has 0 saturated heterocycles. The van der Waals surface area contributed by atoms with Gasteiger partial charge in [-0.15, -0.1) is 10.2 Å². The van der Waals surface area contributed by atoms with Gasteiger partial charge >= 0.3 is 0 Å². The molecule has 17 heavy (non-hydrogen) atoms. The summed E-state index contributed by atoms with van der Waals surface area (Å²) in [6, 6.07) is 3.44. The number of amides is 1. The van der Waals surface area contributed by atoms with E-state index in [1.807, 2.05) is 11.9 Å². The van der Waals surface area contributed by atoms with Crippen molar-refractivity contribution < 1.29 is 9.53 Å². The van der Waals surface area contributed by atoms with E-state index in [2.05, 4.69) is 15.5 Å². The maximum Gasteiger partial charge on any atom is 0.271 e. The second-order valence-corrected chi connectivity index (χ2v) is 3.62. The Morgan fingerprint density at radius 3 is 2.76 bits per heavy atom. The molecule has 0 aliphatic carbocycles. The van der Waals surface area contributed by atoms with Crippen LogP contribution in [0.15, 0.2) is 12.1 Å². The minimum Gasteiger partial charge on any atom is -0.385 e. The van der Waals surface area contributed by atoms with Gasteiger partial charge in [-0.3, -0.25) is 4.79 Å². The second-order valence-electron chi connectivity index (χ2n) is 3.62. The minimum absolute atomic E-state index is 0.230. The number of carbonyl (C=O) groups is 1. The Labute approximate surface area is 101 Å². The first kappa shape index (κ1) is 13.4. The molecule has 0 spiro atoms. The smallest absolute Gasteiger partial charge is 0.271 e. The maximum absolute atomic E-state index is 11.3. The predicted molar refractivity (Wildman–Crippen MR) is 65.2 cm³/mol. The summed E-state index contributed by atoms with van der Waals surface area (Å²) in [5, 5.41) is 10.4. The highest BCUT2D eigenvalue weighted by molar-refractivity contribution is 5.91. The molecule has 0 unspecified atom stereocenters. The lowest BCUT2D eigenvalue weighted by molar-refractivity contribution is 0.0957. The van der Waals surface area contributed by atoms with Gasteiger partial charge in [0.15, 0.2) is 11.5 Å². The average molecular weight is 238 g/mol. The monoisotopic (exact) mass is 238 g/mol. The zero-order valence-electron chi connectivity index (χ0n) is 10.4. The number of ether oxygens (including phenoxy) is 1. The molecular weight excluding hydrogens is 220 g/mol. The van der Waals surface area contributed by atoms with Gasteiger partial charge < -0.3 is 15.0 Å². The van der Waals surface area contributed by atoms with Gasteiger partial charge in [0, 0.05) is 34.4 Å². The van der Waals surface area contributed by atoms with Crippen molar-refractivity contribution in [1.29, 1.82) is 0 Å². The van der Waals surface area contributed by atoms with E-state index in [0.29, 0.717) is 12.3 Å². The first-order valence-corrected chi connectivity index (χ1v) is 5.45. The van der Waals surface area contributed by atoms with E-state index in [-0.39, 0.29) is 5.91 Å². The summed E-state index contributed by atoms with van der Waals surface area (Å²) in [5.41, 5.74) is 0.321. The summed E-state index contributed by atoms with van der Waals surface area (Å²) < 4.78 is 4.98. The van der Waals surface area contributed by atoms with E-state index in [1.165, 1.54) is 0 Å². The zero-order chi connectivity index (χ0) is 12.7. The lowest BCUT2D eigenvalue weighted by atomic mass is 10.3. The molecule has 1 aromatic heterocycles. The first-order valence-electron chi connectivity index (χ1n) is 5.45. The predicted octanol–water partition coefficient (Wildman–Crippen LogP) is 0.309. The lowest BCUT2D eigenvalue weighted by Gasteiger charge is -2.16. The van der Waals surface area contributed by atoms with Crippen LogP contribution in [0.25, 0.3) is 0 Å². The standard InChI is InChI=1S/C11H18N4O2/c1-12-11(16)9-5-6-10(14-13-9)15(2)7-4-8-17-3/h5-6H,4,7-8H2,1-3H3,(H,12,16). The fraction of sp³-hybridized carbons (Fsp3) is 0.545. The topological polar surface area (TPSA) is 67.4 Å². The van der Waals surface area contributed by atoms with E-state index in [9.17, 15) is 4.79 Å². The molecule has 0 saturated carbocycles. The quantitative estimate of drug-likeness (QED) is 0.722. The highest BCUT2D eigenvalue weighted by Gasteiger charge is 2.07. The Morgan fingerprint density at radius 2 is 2.24 bits per heavy atom. The van der Waals surface area contributed by atoms with Crippen molar-refractivity contribution in [2.45, 2.75) is 6.42 Å². The average Bonchev–Trinajstić information content (AvgIpc) is 2.38. The summed E-state index contributed by atoms with van der Waals surface area (Å²) in [7, 11) is 5.17. The van der Waals surface area contributed by atoms with Gasteiger partial charge in [0.2, 0.25) is 0 Å². The fourth-order valence-electron chi connectivity index (χ4n) is 1.34. The van der Waals surface area contributed by atoms with Crippen LogP contribution < -0.4 is 10.2 Å². The molecule has 0 bridgehead atoms. The summed E-state index contributed by atoms with van der Waals surface area (Å²) in [5.74, 6) is 0.514. The number of methoxy groups -OCH3 is 1. The number of carbonyl (C=O) groups excluding carboxylic acids is 1. The van der Waals surface area contributed by atoms with Crippen LogP contribution in [-0.2, 0) is 4.74 Å². The third-order valence-electron chi connectivity index (χ3n) is 2.34. The van der Waals surface area contributed by atoms with Crippen molar-refractivity contribution in [3.8, 4) is 0 Å².